The van der Waals surface area contributed by atoms with Crippen LogP contribution in [0.2, 0.25) is 0 Å². The summed E-state index contributed by atoms with van der Waals surface area (Å²) in [5.74, 6) is -4.03. The monoisotopic (exact) mass is 528 g/mol. The van der Waals surface area contributed by atoms with E-state index in [-0.39, 0.29) is 22.6 Å². The molecule has 12 heteroatoms. The molecule has 0 aromatic heterocycles. The highest BCUT2D eigenvalue weighted by Gasteiger charge is 2.22. The molecule has 0 atom stereocenters. The van der Waals surface area contributed by atoms with E-state index in [4.69, 9.17) is 4.74 Å². The maximum absolute atomic E-state index is 13.8. The summed E-state index contributed by atoms with van der Waals surface area (Å²) in [5.41, 5.74) is 1.35. The summed E-state index contributed by atoms with van der Waals surface area (Å²) in [4.78, 5) is 46.8. The van der Waals surface area contributed by atoms with Gasteiger partial charge in [-0.3, -0.25) is 19.7 Å². The van der Waals surface area contributed by atoms with Crippen molar-refractivity contribution in [1.82, 2.24) is 5.43 Å². The normalized spacial score (nSPS) is 10.5. The molecule has 0 spiro atoms. The molecule has 3 aromatic carbocycles. The maximum Gasteiger partial charge on any atom is 0.350 e. The van der Waals surface area contributed by atoms with Crippen LogP contribution >= 0.6 is 15.9 Å². The van der Waals surface area contributed by atoms with Crippen molar-refractivity contribution in [3.63, 3.8) is 0 Å². The summed E-state index contributed by atoms with van der Waals surface area (Å²) >= 11 is 3.08. The molecule has 2 N–H and O–H groups in total. The van der Waals surface area contributed by atoms with E-state index < -0.39 is 34.2 Å². The Bertz CT molecular complexity index is 1310. The molecule has 0 heterocycles. The standard InChI is InChI=1S/C22H14BrFN4O6/c23-14-9-10-17(16(24)11-14)26-20(29)21(30)27-25-12-13-5-1-4-8-19(13)34-22(31)15-6-2-3-7-18(15)28(32)33/h1-12H,(H,26,29)(H,27,30)/b25-12+. The number of ether oxygens (including phenoxy) is 1. The molecule has 0 aliphatic heterocycles. The average molecular weight is 529 g/mol. The molecule has 0 aliphatic carbocycles. The number of hydrogen-bond acceptors (Lipinski definition) is 7. The van der Waals surface area contributed by atoms with Gasteiger partial charge in [-0.15, -0.1) is 0 Å². The molecule has 0 aliphatic rings. The van der Waals surface area contributed by atoms with E-state index >= 15 is 0 Å². The highest BCUT2D eigenvalue weighted by atomic mass is 79.9. The van der Waals surface area contributed by atoms with Gasteiger partial charge in [0.25, 0.3) is 5.69 Å². The van der Waals surface area contributed by atoms with Crippen LogP contribution in [0.1, 0.15) is 15.9 Å². The summed E-state index contributed by atoms with van der Waals surface area (Å²) in [5, 5.41) is 16.9. The number of halogens is 2. The van der Waals surface area contributed by atoms with Crippen molar-refractivity contribution >= 4 is 51.3 Å². The molecule has 3 rings (SSSR count). The van der Waals surface area contributed by atoms with Gasteiger partial charge in [0.1, 0.15) is 17.1 Å². The maximum atomic E-state index is 13.8. The molecule has 0 radical (unpaired) electrons. The number of carbonyl (C=O) groups is 3. The number of nitrogens with one attached hydrogen (secondary N) is 2. The van der Waals surface area contributed by atoms with Crippen LogP contribution in [0, 0.1) is 15.9 Å². The Balaban J connectivity index is 1.67. The number of esters is 1. The molecular formula is C22H14BrFN4O6. The number of nitro groups is 1. The Morgan fingerprint density at radius 3 is 2.47 bits per heavy atom. The fourth-order valence-corrected chi connectivity index (χ4v) is 2.95. The van der Waals surface area contributed by atoms with Gasteiger partial charge in [0.05, 0.1) is 16.8 Å². The SMILES string of the molecule is O=C(N/N=C/c1ccccc1OC(=O)c1ccccc1[N+](=O)[O-])C(=O)Nc1ccc(Br)cc1F. The van der Waals surface area contributed by atoms with Gasteiger partial charge in [-0.05, 0) is 36.4 Å². The second kappa shape index (κ2) is 10.9. The minimum atomic E-state index is -1.17. The quantitative estimate of drug-likeness (QED) is 0.124. The zero-order valence-corrected chi connectivity index (χ0v) is 18.6. The minimum absolute atomic E-state index is 0.00466. The van der Waals surface area contributed by atoms with Gasteiger partial charge in [0, 0.05) is 16.1 Å². The molecule has 0 unspecified atom stereocenters. The number of carbonyl (C=O) groups excluding carboxylic acids is 3. The topological polar surface area (TPSA) is 140 Å². The molecule has 10 nitrogen and oxygen atoms in total. The second-order valence-corrected chi connectivity index (χ2v) is 7.39. The lowest BCUT2D eigenvalue weighted by atomic mass is 10.2. The number of benzene rings is 3. The van der Waals surface area contributed by atoms with E-state index in [1.54, 1.807) is 12.1 Å². The molecule has 0 fully saturated rings. The molecule has 3 aromatic rings. The van der Waals surface area contributed by atoms with E-state index in [1.165, 1.54) is 48.5 Å². The van der Waals surface area contributed by atoms with Crippen molar-refractivity contribution in [2.75, 3.05) is 5.32 Å². The summed E-state index contributed by atoms with van der Waals surface area (Å²) in [6.07, 6.45) is 1.10. The number of hydrogen-bond donors (Lipinski definition) is 2. The first kappa shape index (κ1) is 24.2. The van der Waals surface area contributed by atoms with E-state index in [0.717, 1.165) is 12.3 Å². The number of nitrogens with zero attached hydrogens (tertiary/aromatic N) is 2. The molecule has 2 amide bonds. The van der Waals surface area contributed by atoms with E-state index in [1.807, 2.05) is 5.43 Å². The van der Waals surface area contributed by atoms with Crippen LogP contribution in [0.3, 0.4) is 0 Å². The Morgan fingerprint density at radius 1 is 1.03 bits per heavy atom. The van der Waals surface area contributed by atoms with Crippen molar-refractivity contribution in [3.05, 3.63) is 98.3 Å². The van der Waals surface area contributed by atoms with Crippen LogP contribution in [-0.2, 0) is 9.59 Å². The molecular weight excluding hydrogens is 515 g/mol. The van der Waals surface area contributed by atoms with Gasteiger partial charge in [0.2, 0.25) is 0 Å². The van der Waals surface area contributed by atoms with Crippen LogP contribution in [0.5, 0.6) is 5.75 Å². The predicted octanol–water partition coefficient (Wildman–Crippen LogP) is 3.80. The first-order valence-corrected chi connectivity index (χ1v) is 10.2. The van der Waals surface area contributed by atoms with Crippen molar-refractivity contribution in [2.24, 2.45) is 5.10 Å². The smallest absolute Gasteiger partial charge is 0.350 e. The number of nitro benzene ring substituents is 1. The number of hydrazone groups is 1. The zero-order chi connectivity index (χ0) is 24.7. The predicted molar refractivity (Wildman–Crippen MR) is 123 cm³/mol. The fraction of sp³-hybridized carbons (Fsp3) is 0. The Morgan fingerprint density at radius 2 is 1.74 bits per heavy atom. The third-order valence-electron chi connectivity index (χ3n) is 4.20. The van der Waals surface area contributed by atoms with Crippen molar-refractivity contribution < 1.29 is 28.4 Å². The van der Waals surface area contributed by atoms with E-state index in [2.05, 4.69) is 26.3 Å². The lowest BCUT2D eigenvalue weighted by Crippen LogP contribution is -2.32. The van der Waals surface area contributed by atoms with E-state index in [0.29, 0.717) is 4.47 Å². The first-order chi connectivity index (χ1) is 16.3. The first-order valence-electron chi connectivity index (χ1n) is 9.40. The van der Waals surface area contributed by atoms with Gasteiger partial charge in [0.15, 0.2) is 0 Å². The van der Waals surface area contributed by atoms with Crippen LogP contribution < -0.4 is 15.5 Å². The van der Waals surface area contributed by atoms with Crippen LogP contribution in [0.25, 0.3) is 0 Å². The van der Waals surface area contributed by atoms with Gasteiger partial charge >= 0.3 is 17.8 Å². The van der Waals surface area contributed by atoms with Crippen LogP contribution in [0.15, 0.2) is 76.3 Å². The van der Waals surface area contributed by atoms with Crippen LogP contribution in [-0.4, -0.2) is 28.9 Å². The zero-order valence-electron chi connectivity index (χ0n) is 17.0. The van der Waals surface area contributed by atoms with Crippen molar-refractivity contribution in [3.8, 4) is 5.75 Å². The fourth-order valence-electron chi connectivity index (χ4n) is 2.62. The molecule has 172 valence electrons. The summed E-state index contributed by atoms with van der Waals surface area (Å²) in [7, 11) is 0. The molecule has 0 saturated heterocycles. The van der Waals surface area contributed by atoms with Gasteiger partial charge in [-0.25, -0.2) is 14.6 Å². The van der Waals surface area contributed by atoms with Gasteiger partial charge < -0.3 is 10.1 Å². The second-order valence-electron chi connectivity index (χ2n) is 6.48. The highest BCUT2D eigenvalue weighted by Crippen LogP contribution is 2.22. The molecule has 0 saturated carbocycles. The Hall–Kier alpha value is -4.45. The minimum Gasteiger partial charge on any atom is -0.422 e. The summed E-state index contributed by atoms with van der Waals surface area (Å²) in [6.45, 7) is 0. The van der Waals surface area contributed by atoms with Gasteiger partial charge in [-0.1, -0.05) is 40.2 Å². The summed E-state index contributed by atoms with van der Waals surface area (Å²) < 4.78 is 19.5. The number of rotatable bonds is 6. The third-order valence-corrected chi connectivity index (χ3v) is 4.69. The van der Waals surface area contributed by atoms with Gasteiger partial charge in [-0.2, -0.15) is 5.10 Å². The lowest BCUT2D eigenvalue weighted by molar-refractivity contribution is -0.385. The summed E-state index contributed by atoms with van der Waals surface area (Å²) in [6, 6.07) is 15.2. The third kappa shape index (κ3) is 6.07. The Labute approximate surface area is 199 Å². The Kier molecular flexibility index (Phi) is 7.77. The molecule has 34 heavy (non-hydrogen) atoms. The van der Waals surface area contributed by atoms with Crippen LogP contribution in [0.4, 0.5) is 15.8 Å². The molecule has 0 bridgehead atoms. The number of anilines is 1. The lowest BCUT2D eigenvalue weighted by Gasteiger charge is -2.08. The van der Waals surface area contributed by atoms with E-state index in [9.17, 15) is 28.9 Å². The highest BCUT2D eigenvalue weighted by molar-refractivity contribution is 9.10. The largest absolute Gasteiger partial charge is 0.422 e. The van der Waals surface area contributed by atoms with Crippen molar-refractivity contribution in [2.45, 2.75) is 0 Å². The van der Waals surface area contributed by atoms with Crippen molar-refractivity contribution in [1.29, 1.82) is 0 Å². The average Bonchev–Trinajstić information content (AvgIpc) is 2.81. The number of para-hydroxylation sites is 2. The number of amides is 2.